The summed E-state index contributed by atoms with van der Waals surface area (Å²) in [5, 5.41) is 9.31. The molecule has 26 heavy (non-hydrogen) atoms. The SMILES string of the molecule is Cc1cc2c(=O)[nH]c(=O)[nH]c2c(SCCCO)c1-c1ccc(F)cc1F. The molecule has 0 aliphatic rings. The van der Waals surface area contributed by atoms with Crippen LogP contribution in [-0.2, 0) is 0 Å². The highest BCUT2D eigenvalue weighted by Crippen LogP contribution is 2.39. The molecule has 1 aromatic heterocycles. The van der Waals surface area contributed by atoms with Crippen LogP contribution in [0.2, 0.25) is 0 Å². The molecule has 0 aliphatic heterocycles. The van der Waals surface area contributed by atoms with Gasteiger partial charge in [-0.1, -0.05) is 0 Å². The predicted molar refractivity (Wildman–Crippen MR) is 97.7 cm³/mol. The van der Waals surface area contributed by atoms with E-state index >= 15 is 0 Å². The maximum Gasteiger partial charge on any atom is 0.326 e. The molecule has 0 amide bonds. The third-order valence-corrected chi connectivity index (χ3v) is 5.13. The van der Waals surface area contributed by atoms with Crippen molar-refractivity contribution in [2.45, 2.75) is 18.2 Å². The number of aromatic nitrogens is 2. The van der Waals surface area contributed by atoms with E-state index in [9.17, 15) is 18.4 Å². The molecule has 0 radical (unpaired) electrons. The molecule has 0 unspecified atom stereocenters. The molecule has 0 saturated heterocycles. The van der Waals surface area contributed by atoms with Crippen LogP contribution in [0.15, 0.2) is 38.8 Å². The molecule has 0 bridgehead atoms. The van der Waals surface area contributed by atoms with E-state index in [-0.39, 0.29) is 17.6 Å². The molecular weight excluding hydrogens is 362 g/mol. The fourth-order valence-corrected chi connectivity index (χ4v) is 4.01. The first-order valence-electron chi connectivity index (χ1n) is 7.91. The van der Waals surface area contributed by atoms with Crippen LogP contribution in [0.4, 0.5) is 8.78 Å². The van der Waals surface area contributed by atoms with E-state index in [1.165, 1.54) is 17.8 Å². The second-order valence-electron chi connectivity index (χ2n) is 5.78. The van der Waals surface area contributed by atoms with Crippen molar-refractivity contribution < 1.29 is 13.9 Å². The summed E-state index contributed by atoms with van der Waals surface area (Å²) in [7, 11) is 0. The third-order valence-electron chi connectivity index (χ3n) is 3.94. The van der Waals surface area contributed by atoms with Gasteiger partial charge in [-0.05, 0) is 37.1 Å². The normalized spacial score (nSPS) is 11.2. The van der Waals surface area contributed by atoms with Gasteiger partial charge in [-0.2, -0.15) is 0 Å². The van der Waals surface area contributed by atoms with Crippen molar-refractivity contribution in [2.24, 2.45) is 0 Å². The van der Waals surface area contributed by atoms with Crippen molar-refractivity contribution in [3.05, 3.63) is 62.3 Å². The van der Waals surface area contributed by atoms with E-state index in [0.717, 1.165) is 12.1 Å². The van der Waals surface area contributed by atoms with Crippen molar-refractivity contribution in [3.63, 3.8) is 0 Å². The average molecular weight is 378 g/mol. The Morgan fingerprint density at radius 2 is 1.92 bits per heavy atom. The molecule has 0 fully saturated rings. The van der Waals surface area contributed by atoms with Gasteiger partial charge in [0.1, 0.15) is 11.6 Å². The molecule has 0 saturated carbocycles. The van der Waals surface area contributed by atoms with Gasteiger partial charge in [-0.3, -0.25) is 9.78 Å². The number of aryl methyl sites for hydroxylation is 1. The third kappa shape index (κ3) is 3.42. The van der Waals surface area contributed by atoms with E-state index in [4.69, 9.17) is 5.11 Å². The summed E-state index contributed by atoms with van der Waals surface area (Å²) < 4.78 is 27.7. The van der Waals surface area contributed by atoms with Crippen molar-refractivity contribution in [2.75, 3.05) is 12.4 Å². The highest BCUT2D eigenvalue weighted by Gasteiger charge is 2.19. The van der Waals surface area contributed by atoms with Gasteiger partial charge in [0.25, 0.3) is 5.56 Å². The summed E-state index contributed by atoms with van der Waals surface area (Å²) in [5.41, 5.74) is 0.374. The molecule has 0 aliphatic carbocycles. The lowest BCUT2D eigenvalue weighted by Gasteiger charge is -2.16. The van der Waals surface area contributed by atoms with Crippen LogP contribution in [-0.4, -0.2) is 27.4 Å². The Kier molecular flexibility index (Phi) is 5.24. The number of rotatable bonds is 5. The first kappa shape index (κ1) is 18.3. The van der Waals surface area contributed by atoms with Gasteiger partial charge < -0.3 is 10.1 Å². The number of aliphatic hydroxyl groups excluding tert-OH is 1. The summed E-state index contributed by atoms with van der Waals surface area (Å²) >= 11 is 1.30. The Balaban J connectivity index is 2.36. The first-order valence-corrected chi connectivity index (χ1v) is 8.90. The van der Waals surface area contributed by atoms with Gasteiger partial charge in [-0.15, -0.1) is 11.8 Å². The maximum atomic E-state index is 14.4. The van der Waals surface area contributed by atoms with Gasteiger partial charge >= 0.3 is 5.69 Å². The number of hydrogen-bond acceptors (Lipinski definition) is 4. The van der Waals surface area contributed by atoms with Crippen LogP contribution in [0.1, 0.15) is 12.0 Å². The Morgan fingerprint density at radius 3 is 2.62 bits per heavy atom. The zero-order valence-corrected chi connectivity index (χ0v) is 14.7. The lowest BCUT2D eigenvalue weighted by atomic mass is 9.98. The number of benzene rings is 2. The molecule has 1 heterocycles. The van der Waals surface area contributed by atoms with Gasteiger partial charge in [0.15, 0.2) is 0 Å². The molecule has 0 atom stereocenters. The van der Waals surface area contributed by atoms with Crippen molar-refractivity contribution >= 4 is 22.7 Å². The number of nitrogens with one attached hydrogen (secondary N) is 2. The van der Waals surface area contributed by atoms with E-state index < -0.39 is 22.9 Å². The minimum Gasteiger partial charge on any atom is -0.396 e. The van der Waals surface area contributed by atoms with Crippen molar-refractivity contribution in [1.29, 1.82) is 0 Å². The minimum atomic E-state index is -0.733. The maximum absolute atomic E-state index is 14.4. The van der Waals surface area contributed by atoms with Gasteiger partial charge in [0, 0.05) is 34.4 Å². The second-order valence-corrected chi connectivity index (χ2v) is 6.88. The Bertz CT molecular complexity index is 1090. The topological polar surface area (TPSA) is 86.0 Å². The molecule has 3 aromatic rings. The summed E-state index contributed by atoms with van der Waals surface area (Å²) in [5.74, 6) is -0.924. The number of halogens is 2. The lowest BCUT2D eigenvalue weighted by molar-refractivity contribution is 0.296. The highest BCUT2D eigenvalue weighted by molar-refractivity contribution is 7.99. The number of aromatic amines is 2. The van der Waals surface area contributed by atoms with Crippen LogP contribution in [0.5, 0.6) is 0 Å². The zero-order valence-electron chi connectivity index (χ0n) is 13.9. The first-order chi connectivity index (χ1) is 12.4. The molecular formula is C18H16F2N2O3S. The Hall–Kier alpha value is -2.45. The predicted octanol–water partition coefficient (Wildman–Crippen LogP) is 2.94. The fourth-order valence-electron chi connectivity index (χ4n) is 2.82. The number of aliphatic hydroxyl groups is 1. The second kappa shape index (κ2) is 7.43. The number of thioether (sulfide) groups is 1. The number of hydrogen-bond donors (Lipinski definition) is 3. The summed E-state index contributed by atoms with van der Waals surface area (Å²) in [6.45, 7) is 1.70. The molecule has 3 rings (SSSR count). The fraction of sp³-hybridized carbons (Fsp3) is 0.222. The molecule has 136 valence electrons. The van der Waals surface area contributed by atoms with Crippen LogP contribution in [0, 0.1) is 18.6 Å². The van der Waals surface area contributed by atoms with Gasteiger partial charge in [0.05, 0.1) is 10.9 Å². The van der Waals surface area contributed by atoms with Crippen LogP contribution in [0.3, 0.4) is 0 Å². The Morgan fingerprint density at radius 1 is 1.15 bits per heavy atom. The summed E-state index contributed by atoms with van der Waals surface area (Å²) in [4.78, 5) is 29.2. The van der Waals surface area contributed by atoms with E-state index in [2.05, 4.69) is 9.97 Å². The van der Waals surface area contributed by atoms with E-state index in [1.807, 2.05) is 0 Å². The van der Waals surface area contributed by atoms with Crippen LogP contribution >= 0.6 is 11.8 Å². The smallest absolute Gasteiger partial charge is 0.326 e. The molecule has 8 heteroatoms. The van der Waals surface area contributed by atoms with Gasteiger partial charge in [-0.25, -0.2) is 13.6 Å². The average Bonchev–Trinajstić information content (AvgIpc) is 2.57. The molecule has 5 nitrogen and oxygen atoms in total. The monoisotopic (exact) mass is 378 g/mol. The quantitative estimate of drug-likeness (QED) is 0.471. The molecule has 2 aromatic carbocycles. The number of H-pyrrole nitrogens is 2. The zero-order chi connectivity index (χ0) is 18.8. The van der Waals surface area contributed by atoms with Crippen molar-refractivity contribution in [1.82, 2.24) is 9.97 Å². The minimum absolute atomic E-state index is 0.0197. The largest absolute Gasteiger partial charge is 0.396 e. The molecule has 0 spiro atoms. The lowest BCUT2D eigenvalue weighted by Crippen LogP contribution is -2.22. The summed E-state index contributed by atoms with van der Waals surface area (Å²) in [6.07, 6.45) is 0.485. The van der Waals surface area contributed by atoms with E-state index in [1.54, 1.807) is 13.0 Å². The Labute approximate surface area is 151 Å². The summed E-state index contributed by atoms with van der Waals surface area (Å²) in [6, 6.07) is 4.85. The highest BCUT2D eigenvalue weighted by atomic mass is 32.2. The standard InChI is InChI=1S/C18H16F2N2O3S/c1-9-7-12-15(21-18(25)22-17(12)24)16(26-6-2-5-23)14(9)11-4-3-10(19)8-13(11)20/h3-4,7-8,23H,2,5-6H2,1H3,(H2,21,22,24,25). The van der Waals surface area contributed by atoms with Gasteiger partial charge in [0.2, 0.25) is 0 Å². The van der Waals surface area contributed by atoms with Crippen LogP contribution < -0.4 is 11.2 Å². The van der Waals surface area contributed by atoms with Crippen LogP contribution in [0.25, 0.3) is 22.0 Å². The van der Waals surface area contributed by atoms with E-state index in [0.29, 0.717) is 33.7 Å². The molecule has 3 N–H and O–H groups in total. The van der Waals surface area contributed by atoms with Crippen molar-refractivity contribution in [3.8, 4) is 11.1 Å². The number of fused-ring (bicyclic) bond motifs is 1.